The Morgan fingerprint density at radius 2 is 1.35 bits per heavy atom. The maximum absolute atomic E-state index is 12.3. The minimum Gasteiger partial charge on any atom is -0.458 e. The predicted octanol–water partition coefficient (Wildman–Crippen LogP) is 0.782. The van der Waals surface area contributed by atoms with Gasteiger partial charge in [-0.15, -0.1) is 0 Å². The van der Waals surface area contributed by atoms with Crippen molar-refractivity contribution in [3.63, 3.8) is 0 Å². The second-order valence-corrected chi connectivity index (χ2v) is 7.09. The fraction of sp³-hybridized carbons (Fsp3) is 0.261. The van der Waals surface area contributed by atoms with E-state index in [2.05, 4.69) is 18.5 Å². The Bertz CT molecular complexity index is 1020. The summed E-state index contributed by atoms with van der Waals surface area (Å²) < 4.78 is 15.1. The molecule has 0 spiro atoms. The summed E-state index contributed by atoms with van der Waals surface area (Å²) in [5, 5.41) is 2.44. The van der Waals surface area contributed by atoms with Crippen LogP contribution in [0.25, 0.3) is 11.4 Å². The molecule has 0 bridgehead atoms. The number of esters is 2. The highest BCUT2D eigenvalue weighted by atomic mass is 16.6. The summed E-state index contributed by atoms with van der Waals surface area (Å²) in [5.41, 5.74) is 11.8. The number of amides is 1. The number of alkyl carbamates (subject to hydrolysis) is 1. The molecule has 0 saturated heterocycles. The van der Waals surface area contributed by atoms with Crippen molar-refractivity contribution in [1.82, 2.24) is 5.32 Å². The molecular weight excluding hydrogens is 446 g/mol. The molecule has 0 radical (unpaired) electrons. The van der Waals surface area contributed by atoms with Crippen molar-refractivity contribution < 1.29 is 38.2 Å². The van der Waals surface area contributed by atoms with Crippen molar-refractivity contribution in [2.24, 2.45) is 11.5 Å². The Balaban J connectivity index is 2.93. The van der Waals surface area contributed by atoms with Crippen LogP contribution < -0.4 is 16.8 Å². The molecule has 0 aromatic heterocycles. The Morgan fingerprint density at radius 1 is 0.912 bits per heavy atom. The fourth-order valence-electron chi connectivity index (χ4n) is 2.29. The first-order valence-electron chi connectivity index (χ1n) is 9.74. The first-order valence-corrected chi connectivity index (χ1v) is 9.74. The van der Waals surface area contributed by atoms with Gasteiger partial charge in [-0.2, -0.15) is 0 Å². The summed E-state index contributed by atoms with van der Waals surface area (Å²) in [6.45, 7) is 8.84. The number of nitrogens with two attached hydrogens (primary N) is 2. The van der Waals surface area contributed by atoms with Gasteiger partial charge in [0, 0.05) is 28.8 Å². The average molecular weight is 471 g/mol. The van der Waals surface area contributed by atoms with Crippen molar-refractivity contribution >= 4 is 41.3 Å². The molecule has 0 heterocycles. The van der Waals surface area contributed by atoms with Gasteiger partial charge >= 0.3 is 18.0 Å². The van der Waals surface area contributed by atoms with Gasteiger partial charge < -0.3 is 31.0 Å². The molecule has 0 aliphatic heterocycles. The van der Waals surface area contributed by atoms with Crippen molar-refractivity contribution in [3.8, 4) is 0 Å². The maximum Gasteiger partial charge on any atom is 0.407 e. The summed E-state index contributed by atoms with van der Waals surface area (Å²) in [6.07, 6.45) is -2.07. The topological polar surface area (TPSA) is 177 Å². The van der Waals surface area contributed by atoms with Crippen LogP contribution in [0.1, 0.15) is 30.5 Å². The maximum atomic E-state index is 12.3. The fourth-order valence-corrected chi connectivity index (χ4v) is 2.29. The highest BCUT2D eigenvalue weighted by Gasteiger charge is 2.20. The number of rotatable bonds is 11. The number of ether oxygens (including phenoxy) is 3. The minimum absolute atomic E-state index is 0.123. The van der Waals surface area contributed by atoms with E-state index < -0.39 is 37.3 Å². The van der Waals surface area contributed by atoms with Crippen molar-refractivity contribution in [2.75, 3.05) is 13.2 Å². The SMILES string of the molecule is C=C(C)C(=O)OCC(COC(=O)C(=C)C)OC(=O)NCc1cc(C(N)=C=O)cc(C(N)=C=O)c1. The Morgan fingerprint density at radius 3 is 1.74 bits per heavy atom. The third-order valence-corrected chi connectivity index (χ3v) is 4.04. The predicted molar refractivity (Wildman–Crippen MR) is 122 cm³/mol. The van der Waals surface area contributed by atoms with Gasteiger partial charge in [0.25, 0.3) is 0 Å². The highest BCUT2D eigenvalue weighted by Crippen LogP contribution is 2.17. The van der Waals surface area contributed by atoms with Gasteiger partial charge in [-0.05, 0) is 37.6 Å². The van der Waals surface area contributed by atoms with E-state index in [9.17, 15) is 24.0 Å². The van der Waals surface area contributed by atoms with Crippen LogP contribution in [0.2, 0.25) is 0 Å². The number of hydrogen-bond donors (Lipinski definition) is 3. The molecule has 1 amide bonds. The van der Waals surface area contributed by atoms with Crippen LogP contribution in [0.3, 0.4) is 0 Å². The molecule has 0 unspecified atom stereocenters. The molecular formula is C23H25N3O8. The summed E-state index contributed by atoms with van der Waals surface area (Å²) in [4.78, 5) is 57.3. The van der Waals surface area contributed by atoms with E-state index in [0.29, 0.717) is 5.56 Å². The van der Waals surface area contributed by atoms with Gasteiger partial charge in [-0.3, -0.25) is 0 Å². The van der Waals surface area contributed by atoms with Gasteiger partial charge in [-0.25, -0.2) is 24.0 Å². The zero-order chi connectivity index (χ0) is 25.8. The molecule has 180 valence electrons. The standard InChI is InChI=1S/C23H25N3O8/c1-13(2)21(29)32-11-18(12-33-22(30)14(3)4)34-23(31)26-8-15-5-16(19(24)9-27)7-17(6-15)20(25)10-28/h5-7,18H,1,3,8,11-12,24-25H2,2,4H3,(H,26,31). The molecule has 1 aromatic rings. The number of carbonyl (C=O) groups is 3. The summed E-state index contributed by atoms with van der Waals surface area (Å²) in [7, 11) is 0. The van der Waals surface area contributed by atoms with Gasteiger partial charge in [0.15, 0.2) is 18.0 Å². The number of carbonyl (C=O) groups excluding carboxylic acids is 5. The van der Waals surface area contributed by atoms with Crippen LogP contribution in [0.15, 0.2) is 42.5 Å². The molecule has 5 N–H and O–H groups in total. The normalized spacial score (nSPS) is 9.74. The van der Waals surface area contributed by atoms with Crippen LogP contribution in [0, 0.1) is 0 Å². The van der Waals surface area contributed by atoms with Gasteiger partial charge in [0.05, 0.1) is 0 Å². The van der Waals surface area contributed by atoms with Crippen LogP contribution >= 0.6 is 0 Å². The lowest BCUT2D eigenvalue weighted by Crippen LogP contribution is -2.35. The van der Waals surface area contributed by atoms with Crippen LogP contribution in [-0.2, 0) is 39.9 Å². The molecule has 0 saturated carbocycles. The third kappa shape index (κ3) is 8.88. The van der Waals surface area contributed by atoms with Gasteiger partial charge in [-0.1, -0.05) is 13.2 Å². The second kappa shape index (κ2) is 13.1. The Kier molecular flexibility index (Phi) is 10.6. The zero-order valence-electron chi connectivity index (χ0n) is 18.8. The van der Waals surface area contributed by atoms with Crippen LogP contribution in [-0.4, -0.2) is 49.2 Å². The smallest absolute Gasteiger partial charge is 0.407 e. The quantitative estimate of drug-likeness (QED) is 0.181. The molecule has 0 aliphatic rings. The van der Waals surface area contributed by atoms with Crippen LogP contribution in [0.4, 0.5) is 4.79 Å². The van der Waals surface area contributed by atoms with E-state index in [1.807, 2.05) is 0 Å². The molecule has 11 heteroatoms. The molecule has 0 atom stereocenters. The van der Waals surface area contributed by atoms with E-state index in [0.717, 1.165) is 0 Å². The monoisotopic (exact) mass is 471 g/mol. The second-order valence-electron chi connectivity index (χ2n) is 7.09. The van der Waals surface area contributed by atoms with E-state index >= 15 is 0 Å². The van der Waals surface area contributed by atoms with Gasteiger partial charge in [0.2, 0.25) is 0 Å². The number of hydrogen-bond acceptors (Lipinski definition) is 10. The molecule has 1 rings (SSSR count). The molecule has 0 aliphatic carbocycles. The van der Waals surface area contributed by atoms with E-state index in [1.54, 1.807) is 0 Å². The molecule has 11 nitrogen and oxygen atoms in total. The van der Waals surface area contributed by atoms with E-state index in [1.165, 1.54) is 43.9 Å². The first kappa shape index (κ1) is 27.4. The van der Waals surface area contributed by atoms with Gasteiger partial charge in [0.1, 0.15) is 24.6 Å². The van der Waals surface area contributed by atoms with Crippen molar-refractivity contribution in [1.29, 1.82) is 0 Å². The lowest BCUT2D eigenvalue weighted by atomic mass is 10.0. The zero-order valence-corrected chi connectivity index (χ0v) is 18.8. The lowest BCUT2D eigenvalue weighted by Gasteiger charge is -2.18. The largest absolute Gasteiger partial charge is 0.458 e. The molecule has 34 heavy (non-hydrogen) atoms. The van der Waals surface area contributed by atoms with E-state index in [4.69, 9.17) is 25.7 Å². The number of benzene rings is 1. The number of nitrogens with one attached hydrogen (secondary N) is 1. The van der Waals surface area contributed by atoms with E-state index in [-0.39, 0.29) is 40.2 Å². The minimum atomic E-state index is -1.13. The summed E-state index contributed by atoms with van der Waals surface area (Å²) >= 11 is 0. The Labute approximate surface area is 195 Å². The lowest BCUT2D eigenvalue weighted by molar-refractivity contribution is -0.147. The molecule has 0 fully saturated rings. The highest BCUT2D eigenvalue weighted by molar-refractivity contribution is 5.90. The van der Waals surface area contributed by atoms with Crippen molar-refractivity contribution in [2.45, 2.75) is 26.5 Å². The molecule has 1 aromatic carbocycles. The Hall–Kier alpha value is -4.59. The van der Waals surface area contributed by atoms with Crippen LogP contribution in [0.5, 0.6) is 0 Å². The first-order chi connectivity index (χ1) is 16.0. The third-order valence-electron chi connectivity index (χ3n) is 4.04. The average Bonchev–Trinajstić information content (AvgIpc) is 2.82. The summed E-state index contributed by atoms with van der Waals surface area (Å²) in [5.74, 6) is 1.64. The van der Waals surface area contributed by atoms with Crippen molar-refractivity contribution in [3.05, 3.63) is 59.2 Å². The summed E-state index contributed by atoms with van der Waals surface area (Å²) in [6, 6.07) is 4.34.